The van der Waals surface area contributed by atoms with Crippen LogP contribution in [0.4, 0.5) is 5.69 Å². The minimum absolute atomic E-state index is 0.0200. The smallest absolute Gasteiger partial charge is 0.261 e. The molecule has 1 aliphatic heterocycles. The molecule has 1 aliphatic rings. The normalized spacial score (nSPS) is 14.9. The van der Waals surface area contributed by atoms with E-state index in [1.54, 1.807) is 23.0 Å². The fourth-order valence-electron chi connectivity index (χ4n) is 3.24. The van der Waals surface area contributed by atoms with Crippen molar-refractivity contribution in [1.82, 2.24) is 19.5 Å². The molecule has 0 radical (unpaired) electrons. The molecule has 1 N–H and O–H groups in total. The van der Waals surface area contributed by atoms with Crippen LogP contribution in [0.2, 0.25) is 10.0 Å². The molecule has 4 rings (SSSR count). The highest BCUT2D eigenvalue weighted by Gasteiger charge is 2.22. The largest absolute Gasteiger partial charge is 0.319 e. The van der Waals surface area contributed by atoms with E-state index in [9.17, 15) is 9.59 Å². The zero-order valence-electron chi connectivity index (χ0n) is 15.6. The van der Waals surface area contributed by atoms with Crippen LogP contribution in [-0.4, -0.2) is 58.7 Å². The Balaban J connectivity index is 1.79. The molecule has 0 unspecified atom stereocenters. The fraction of sp³-hybridized carbons (Fsp3) is 0.263. The summed E-state index contributed by atoms with van der Waals surface area (Å²) in [4.78, 5) is 36.4. The van der Waals surface area contributed by atoms with Crippen LogP contribution in [0.1, 0.15) is 10.4 Å². The Labute approximate surface area is 176 Å². The number of fused-ring (bicyclic) bond motifs is 1. The number of piperazine rings is 1. The van der Waals surface area contributed by atoms with Gasteiger partial charge in [-0.1, -0.05) is 23.2 Å². The van der Waals surface area contributed by atoms with E-state index in [4.69, 9.17) is 23.2 Å². The van der Waals surface area contributed by atoms with E-state index in [0.717, 1.165) is 26.2 Å². The van der Waals surface area contributed by atoms with Gasteiger partial charge < -0.3 is 15.2 Å². The molecule has 10 heteroatoms. The van der Waals surface area contributed by atoms with Crippen molar-refractivity contribution in [1.29, 1.82) is 0 Å². The van der Waals surface area contributed by atoms with Crippen molar-refractivity contribution in [3.63, 3.8) is 0 Å². The topological polar surface area (TPSA) is 83.4 Å². The van der Waals surface area contributed by atoms with E-state index >= 15 is 0 Å². The van der Waals surface area contributed by atoms with Crippen LogP contribution >= 0.6 is 23.2 Å². The van der Waals surface area contributed by atoms with Crippen LogP contribution in [0.3, 0.4) is 0 Å². The minimum Gasteiger partial charge on any atom is -0.319 e. The van der Waals surface area contributed by atoms with E-state index < -0.39 is 11.3 Å². The number of hydrogen-bond acceptors (Lipinski definition) is 6. The number of aromatic nitrogens is 3. The standard InChI is InChI=1S/C19H18Cl2N6O2/c1-25-5-7-26(8-6-25)27-11-13(17(28)12-3-2-4-23-18(12)27)19(29)24-16-14(20)9-22-10-15(16)21/h2-4,9-11H,5-8H2,1H3,(H,22,24,29). The molecule has 150 valence electrons. The third kappa shape index (κ3) is 3.78. The van der Waals surface area contributed by atoms with Crippen LogP contribution in [0.25, 0.3) is 11.0 Å². The van der Waals surface area contributed by atoms with Gasteiger partial charge in [0.2, 0.25) is 5.43 Å². The van der Waals surface area contributed by atoms with E-state index in [0.29, 0.717) is 11.0 Å². The number of carbonyl (C=O) groups is 1. The van der Waals surface area contributed by atoms with Crippen molar-refractivity contribution in [3.05, 3.63) is 62.8 Å². The van der Waals surface area contributed by atoms with Gasteiger partial charge in [-0.2, -0.15) is 0 Å². The first kappa shape index (κ1) is 19.6. The third-order valence-corrected chi connectivity index (χ3v) is 5.44. The van der Waals surface area contributed by atoms with Gasteiger partial charge in [0.25, 0.3) is 5.91 Å². The van der Waals surface area contributed by atoms with Crippen LogP contribution in [0.5, 0.6) is 0 Å². The Bertz CT molecular complexity index is 1120. The second kappa shape index (κ2) is 7.98. The number of carbonyl (C=O) groups excluding carboxylic acids is 1. The lowest BCUT2D eigenvalue weighted by molar-refractivity contribution is 0.102. The average Bonchev–Trinajstić information content (AvgIpc) is 2.72. The summed E-state index contributed by atoms with van der Waals surface area (Å²) in [6, 6.07) is 3.34. The lowest BCUT2D eigenvalue weighted by atomic mass is 10.2. The lowest BCUT2D eigenvalue weighted by Crippen LogP contribution is -2.50. The molecule has 1 saturated heterocycles. The summed E-state index contributed by atoms with van der Waals surface area (Å²) < 4.78 is 1.79. The molecule has 0 aromatic carbocycles. The molecule has 4 heterocycles. The molecule has 8 nitrogen and oxygen atoms in total. The summed E-state index contributed by atoms with van der Waals surface area (Å²) in [6.07, 6.45) is 5.90. The van der Waals surface area contributed by atoms with Crippen molar-refractivity contribution in [2.45, 2.75) is 0 Å². The Kier molecular flexibility index (Phi) is 5.40. The number of likely N-dealkylation sites (N-methyl/N-ethyl adjacent to an activating group) is 1. The van der Waals surface area contributed by atoms with E-state index in [-0.39, 0.29) is 21.3 Å². The minimum atomic E-state index is -0.598. The highest BCUT2D eigenvalue weighted by Crippen LogP contribution is 2.29. The average molecular weight is 433 g/mol. The van der Waals surface area contributed by atoms with Gasteiger partial charge in [-0.05, 0) is 19.2 Å². The SMILES string of the molecule is CN1CCN(n2cc(C(=O)Nc3c(Cl)cncc3Cl)c(=O)c3cccnc32)CC1. The number of rotatable bonds is 3. The first-order chi connectivity index (χ1) is 14.0. The van der Waals surface area contributed by atoms with Gasteiger partial charge in [-0.25, -0.2) is 9.66 Å². The summed E-state index contributed by atoms with van der Waals surface area (Å²) in [7, 11) is 2.06. The summed E-state index contributed by atoms with van der Waals surface area (Å²) >= 11 is 12.2. The van der Waals surface area contributed by atoms with Crippen molar-refractivity contribution in [2.75, 3.05) is 43.6 Å². The van der Waals surface area contributed by atoms with Gasteiger partial charge in [-0.15, -0.1) is 0 Å². The second-order valence-corrected chi connectivity index (χ2v) is 7.59. The molecule has 0 spiro atoms. The Morgan fingerprint density at radius 1 is 1.14 bits per heavy atom. The number of nitrogens with zero attached hydrogens (tertiary/aromatic N) is 5. The van der Waals surface area contributed by atoms with E-state index in [1.165, 1.54) is 18.6 Å². The molecule has 0 aliphatic carbocycles. The van der Waals surface area contributed by atoms with Gasteiger partial charge >= 0.3 is 0 Å². The molecule has 0 atom stereocenters. The third-order valence-electron chi connectivity index (χ3n) is 4.87. The number of pyridine rings is 3. The quantitative estimate of drug-likeness (QED) is 0.682. The van der Waals surface area contributed by atoms with Crippen molar-refractivity contribution >= 4 is 45.8 Å². The molecule has 0 bridgehead atoms. The lowest BCUT2D eigenvalue weighted by Gasteiger charge is -2.35. The maximum Gasteiger partial charge on any atom is 0.261 e. The maximum atomic E-state index is 13.0. The molecule has 1 amide bonds. The number of hydrogen-bond donors (Lipinski definition) is 1. The van der Waals surface area contributed by atoms with Crippen molar-refractivity contribution < 1.29 is 4.79 Å². The van der Waals surface area contributed by atoms with Crippen LogP contribution in [0, 0.1) is 0 Å². The Hall–Kier alpha value is -2.68. The molecule has 29 heavy (non-hydrogen) atoms. The maximum absolute atomic E-state index is 13.0. The van der Waals surface area contributed by atoms with Gasteiger partial charge in [-0.3, -0.25) is 14.6 Å². The molecule has 3 aromatic rings. The summed E-state index contributed by atoms with van der Waals surface area (Å²) in [6.45, 7) is 3.22. The number of amides is 1. The Morgan fingerprint density at radius 3 is 2.52 bits per heavy atom. The van der Waals surface area contributed by atoms with Crippen LogP contribution in [0.15, 0.2) is 41.7 Å². The van der Waals surface area contributed by atoms with Gasteiger partial charge in [0, 0.05) is 51.0 Å². The van der Waals surface area contributed by atoms with Crippen LogP contribution < -0.4 is 15.8 Å². The van der Waals surface area contributed by atoms with Crippen molar-refractivity contribution in [3.8, 4) is 0 Å². The van der Waals surface area contributed by atoms with Crippen molar-refractivity contribution in [2.24, 2.45) is 0 Å². The highest BCUT2D eigenvalue weighted by molar-refractivity contribution is 6.39. The highest BCUT2D eigenvalue weighted by atomic mass is 35.5. The van der Waals surface area contributed by atoms with E-state index in [1.807, 2.05) is 0 Å². The predicted octanol–water partition coefficient (Wildman–Crippen LogP) is 2.23. The molecule has 3 aromatic heterocycles. The molecular weight excluding hydrogens is 415 g/mol. The number of halogens is 2. The zero-order valence-corrected chi connectivity index (χ0v) is 17.1. The van der Waals surface area contributed by atoms with Gasteiger partial charge in [0.05, 0.1) is 21.1 Å². The van der Waals surface area contributed by atoms with E-state index in [2.05, 4.69) is 32.2 Å². The first-order valence-electron chi connectivity index (χ1n) is 9.00. The molecule has 1 fully saturated rings. The van der Waals surface area contributed by atoms with Gasteiger partial charge in [0.15, 0.2) is 5.65 Å². The fourth-order valence-corrected chi connectivity index (χ4v) is 3.70. The summed E-state index contributed by atoms with van der Waals surface area (Å²) in [5, 5.41) is 5.44. The van der Waals surface area contributed by atoms with Crippen LogP contribution in [-0.2, 0) is 0 Å². The number of anilines is 1. The number of nitrogens with one attached hydrogen (secondary N) is 1. The first-order valence-corrected chi connectivity index (χ1v) is 9.76. The zero-order chi connectivity index (χ0) is 20.5. The monoisotopic (exact) mass is 432 g/mol. The predicted molar refractivity (Wildman–Crippen MR) is 114 cm³/mol. The Morgan fingerprint density at radius 2 is 1.83 bits per heavy atom. The molecule has 0 saturated carbocycles. The van der Waals surface area contributed by atoms with Gasteiger partial charge in [0.1, 0.15) is 5.56 Å². The molecular formula is C19H18Cl2N6O2. The summed E-state index contributed by atoms with van der Waals surface area (Å²) in [5.74, 6) is -0.598. The summed E-state index contributed by atoms with van der Waals surface area (Å²) in [5.41, 5.74) is 0.300. The second-order valence-electron chi connectivity index (χ2n) is 6.78.